The van der Waals surface area contributed by atoms with E-state index >= 15 is 0 Å². The number of rotatable bonds is 6. The van der Waals surface area contributed by atoms with Crippen LogP contribution < -0.4 is 16.2 Å². The lowest BCUT2D eigenvalue weighted by molar-refractivity contribution is -0.134. The van der Waals surface area contributed by atoms with Gasteiger partial charge in [0, 0.05) is 23.6 Å². The number of ether oxygens (including phenoxy) is 1. The van der Waals surface area contributed by atoms with Crippen LogP contribution >= 0.6 is 15.9 Å². The van der Waals surface area contributed by atoms with Gasteiger partial charge in [0.2, 0.25) is 11.8 Å². The lowest BCUT2D eigenvalue weighted by atomic mass is 10.1. The van der Waals surface area contributed by atoms with E-state index in [-0.39, 0.29) is 12.3 Å². The topological polar surface area (TPSA) is 98.7 Å². The van der Waals surface area contributed by atoms with Gasteiger partial charge in [-0.05, 0) is 18.2 Å². The van der Waals surface area contributed by atoms with Gasteiger partial charge >= 0.3 is 0 Å². The summed E-state index contributed by atoms with van der Waals surface area (Å²) in [4.78, 5) is 24.2. The average molecular weight is 344 g/mol. The predicted octanol–water partition coefficient (Wildman–Crippen LogP) is 0.619. The normalized spacial score (nSPS) is 11.8. The Morgan fingerprint density at radius 3 is 2.65 bits per heavy atom. The van der Waals surface area contributed by atoms with E-state index in [1.54, 1.807) is 20.2 Å². The summed E-state index contributed by atoms with van der Waals surface area (Å²) in [7, 11) is 3.18. The van der Waals surface area contributed by atoms with Crippen molar-refractivity contribution in [1.82, 2.24) is 4.90 Å². The molecule has 7 heteroatoms. The molecular weight excluding hydrogens is 326 g/mol. The first-order valence-corrected chi connectivity index (χ1v) is 6.75. The highest BCUT2D eigenvalue weighted by molar-refractivity contribution is 9.10. The number of nitrogens with zero attached hydrogens (tertiary/aromatic N) is 1. The van der Waals surface area contributed by atoms with Gasteiger partial charge in [-0.2, -0.15) is 0 Å². The summed E-state index contributed by atoms with van der Waals surface area (Å²) >= 11 is 3.37. The van der Waals surface area contributed by atoms with Crippen LogP contribution in [0.25, 0.3) is 0 Å². The molecule has 0 saturated heterocycles. The lowest BCUT2D eigenvalue weighted by Crippen LogP contribution is -2.43. The summed E-state index contributed by atoms with van der Waals surface area (Å²) < 4.78 is 6.13. The highest BCUT2D eigenvalue weighted by atomic mass is 79.9. The zero-order valence-corrected chi connectivity index (χ0v) is 13.0. The average Bonchev–Trinajstić information content (AvgIpc) is 2.37. The van der Waals surface area contributed by atoms with E-state index in [1.807, 2.05) is 12.1 Å². The van der Waals surface area contributed by atoms with Gasteiger partial charge in [-0.15, -0.1) is 0 Å². The van der Waals surface area contributed by atoms with E-state index in [0.717, 1.165) is 10.0 Å². The number of hydrogen-bond acceptors (Lipinski definition) is 4. The summed E-state index contributed by atoms with van der Waals surface area (Å²) in [5.41, 5.74) is 11.5. The minimum Gasteiger partial charge on any atom is -0.496 e. The molecule has 0 bridgehead atoms. The van der Waals surface area contributed by atoms with Gasteiger partial charge in [-0.1, -0.05) is 15.9 Å². The molecule has 4 N–H and O–H groups in total. The number of primary amides is 1. The maximum atomic E-state index is 12.0. The molecule has 20 heavy (non-hydrogen) atoms. The predicted molar refractivity (Wildman–Crippen MR) is 79.0 cm³/mol. The Morgan fingerprint density at radius 1 is 1.45 bits per heavy atom. The number of hydrogen-bond donors (Lipinski definition) is 2. The van der Waals surface area contributed by atoms with E-state index < -0.39 is 11.9 Å². The Bertz CT molecular complexity index is 508. The molecule has 2 amide bonds. The van der Waals surface area contributed by atoms with Crippen molar-refractivity contribution in [2.75, 3.05) is 14.2 Å². The molecule has 0 aromatic heterocycles. The standard InChI is InChI=1S/C13H18BrN3O3/c1-17(13(19)10(15)6-12(16)18)7-8-5-9(14)3-4-11(8)20-2/h3-5,10H,6-7,15H2,1-2H3,(H2,16,18). The molecule has 1 unspecified atom stereocenters. The van der Waals surface area contributed by atoms with Crippen molar-refractivity contribution >= 4 is 27.7 Å². The number of methoxy groups -OCH3 is 1. The SMILES string of the molecule is COc1ccc(Br)cc1CN(C)C(=O)C(N)CC(N)=O. The minimum absolute atomic E-state index is 0.168. The summed E-state index contributed by atoms with van der Waals surface area (Å²) in [6, 6.07) is 4.60. The Kier molecular flexibility index (Phi) is 5.97. The van der Waals surface area contributed by atoms with Crippen LogP contribution in [-0.2, 0) is 16.1 Å². The molecule has 1 aromatic carbocycles. The monoisotopic (exact) mass is 343 g/mol. The molecule has 0 heterocycles. The van der Waals surface area contributed by atoms with Crippen molar-refractivity contribution in [3.8, 4) is 5.75 Å². The molecule has 0 aliphatic carbocycles. The first-order valence-electron chi connectivity index (χ1n) is 5.96. The zero-order chi connectivity index (χ0) is 15.3. The van der Waals surface area contributed by atoms with Gasteiger partial charge in [0.1, 0.15) is 5.75 Å². The van der Waals surface area contributed by atoms with Crippen LogP contribution in [0.2, 0.25) is 0 Å². The smallest absolute Gasteiger partial charge is 0.240 e. The Balaban J connectivity index is 2.79. The van der Waals surface area contributed by atoms with Crippen LogP contribution in [0, 0.1) is 0 Å². The molecule has 0 spiro atoms. The van der Waals surface area contributed by atoms with Gasteiger partial charge in [-0.25, -0.2) is 0 Å². The van der Waals surface area contributed by atoms with Crippen molar-refractivity contribution < 1.29 is 14.3 Å². The summed E-state index contributed by atoms with van der Waals surface area (Å²) in [5, 5.41) is 0. The number of amides is 2. The Morgan fingerprint density at radius 2 is 2.10 bits per heavy atom. The highest BCUT2D eigenvalue weighted by Gasteiger charge is 2.21. The fourth-order valence-electron chi connectivity index (χ4n) is 1.79. The van der Waals surface area contributed by atoms with E-state index in [1.165, 1.54) is 4.90 Å². The zero-order valence-electron chi connectivity index (χ0n) is 11.4. The van der Waals surface area contributed by atoms with Crippen LogP contribution in [0.5, 0.6) is 5.75 Å². The van der Waals surface area contributed by atoms with Crippen LogP contribution in [0.3, 0.4) is 0 Å². The number of carbonyl (C=O) groups excluding carboxylic acids is 2. The van der Waals surface area contributed by atoms with E-state index in [4.69, 9.17) is 16.2 Å². The van der Waals surface area contributed by atoms with Crippen LogP contribution in [0.15, 0.2) is 22.7 Å². The third-order valence-electron chi connectivity index (χ3n) is 2.76. The summed E-state index contributed by atoms with van der Waals surface area (Å²) in [6.07, 6.45) is -0.168. The fraction of sp³-hybridized carbons (Fsp3) is 0.385. The van der Waals surface area contributed by atoms with Crippen LogP contribution in [-0.4, -0.2) is 36.9 Å². The van der Waals surface area contributed by atoms with E-state index in [2.05, 4.69) is 15.9 Å². The maximum Gasteiger partial charge on any atom is 0.240 e. The van der Waals surface area contributed by atoms with Crippen LogP contribution in [0.1, 0.15) is 12.0 Å². The number of carbonyl (C=O) groups is 2. The molecule has 110 valence electrons. The molecule has 0 aliphatic rings. The maximum absolute atomic E-state index is 12.0. The van der Waals surface area contributed by atoms with Gasteiger partial charge in [0.25, 0.3) is 0 Å². The molecular formula is C13H18BrN3O3. The van der Waals surface area contributed by atoms with Gasteiger partial charge in [0.05, 0.1) is 19.6 Å². The second-order valence-corrected chi connectivity index (χ2v) is 5.34. The molecule has 0 aliphatic heterocycles. The van der Waals surface area contributed by atoms with Crippen molar-refractivity contribution in [1.29, 1.82) is 0 Å². The molecule has 1 aromatic rings. The number of halogens is 1. The second kappa shape index (κ2) is 7.25. The van der Waals surface area contributed by atoms with Crippen LogP contribution in [0.4, 0.5) is 0 Å². The first kappa shape index (κ1) is 16.5. The summed E-state index contributed by atoms with van der Waals surface area (Å²) in [5.74, 6) is -0.263. The third kappa shape index (κ3) is 4.50. The van der Waals surface area contributed by atoms with Crippen molar-refractivity contribution in [2.45, 2.75) is 19.0 Å². The lowest BCUT2D eigenvalue weighted by Gasteiger charge is -2.22. The number of benzene rings is 1. The highest BCUT2D eigenvalue weighted by Crippen LogP contribution is 2.24. The van der Waals surface area contributed by atoms with Crippen molar-refractivity contribution in [3.63, 3.8) is 0 Å². The van der Waals surface area contributed by atoms with E-state index in [9.17, 15) is 9.59 Å². The van der Waals surface area contributed by atoms with Gasteiger partial charge < -0.3 is 21.1 Å². The van der Waals surface area contributed by atoms with Crippen molar-refractivity contribution in [3.05, 3.63) is 28.2 Å². The largest absolute Gasteiger partial charge is 0.496 e. The van der Waals surface area contributed by atoms with Crippen molar-refractivity contribution in [2.24, 2.45) is 11.5 Å². The number of likely N-dealkylation sites (N-methyl/N-ethyl adjacent to an activating group) is 1. The Labute approximate surface area is 126 Å². The quantitative estimate of drug-likeness (QED) is 0.790. The van der Waals surface area contributed by atoms with Gasteiger partial charge in [0.15, 0.2) is 0 Å². The first-order chi connectivity index (χ1) is 9.35. The Hall–Kier alpha value is -1.60. The second-order valence-electron chi connectivity index (χ2n) is 4.43. The van der Waals surface area contributed by atoms with Gasteiger partial charge in [-0.3, -0.25) is 9.59 Å². The molecule has 6 nitrogen and oxygen atoms in total. The molecule has 0 saturated carbocycles. The summed E-state index contributed by atoms with van der Waals surface area (Å²) in [6.45, 7) is 0.327. The minimum atomic E-state index is -0.921. The fourth-order valence-corrected chi connectivity index (χ4v) is 2.20. The van der Waals surface area contributed by atoms with E-state index in [0.29, 0.717) is 12.3 Å². The molecule has 0 fully saturated rings. The molecule has 1 atom stereocenters. The number of nitrogens with two attached hydrogens (primary N) is 2. The third-order valence-corrected chi connectivity index (χ3v) is 3.26. The molecule has 1 rings (SSSR count). The molecule has 0 radical (unpaired) electrons.